The van der Waals surface area contributed by atoms with Crippen molar-refractivity contribution in [3.8, 4) is 11.5 Å². The molecule has 2 N–H and O–H groups in total. The molecule has 0 spiro atoms. The number of nitrogens with zero attached hydrogens (tertiary/aromatic N) is 2. The number of hydrazine groups is 1. The zero-order chi connectivity index (χ0) is 24.1. The molecule has 0 unspecified atom stereocenters. The number of amides is 1. The molecule has 0 saturated carbocycles. The quantitative estimate of drug-likeness (QED) is 0.405. The third kappa shape index (κ3) is 5.07. The molecule has 0 aromatic heterocycles. The zero-order valence-corrected chi connectivity index (χ0v) is 19.8. The highest BCUT2D eigenvalue weighted by Gasteiger charge is 2.32. The van der Waals surface area contributed by atoms with Gasteiger partial charge in [-0.25, -0.2) is 4.99 Å². The van der Waals surface area contributed by atoms with Gasteiger partial charge in [0.1, 0.15) is 17.2 Å². The maximum atomic E-state index is 13.3. The Bertz CT molecular complexity index is 1270. The second-order valence-electron chi connectivity index (χ2n) is 7.51. The second-order valence-corrected chi connectivity index (χ2v) is 7.92. The smallest absolute Gasteiger partial charge is 0.297 e. The van der Waals surface area contributed by atoms with Gasteiger partial charge in [0.05, 0.1) is 19.9 Å². The van der Waals surface area contributed by atoms with Gasteiger partial charge in [-0.15, -0.1) is 0 Å². The number of hydrogen-bond donors (Lipinski definition) is 2. The second kappa shape index (κ2) is 10.2. The summed E-state index contributed by atoms with van der Waals surface area (Å²) in [5.74, 6) is 1.50. The summed E-state index contributed by atoms with van der Waals surface area (Å²) in [6.45, 7) is 1.97. The van der Waals surface area contributed by atoms with Gasteiger partial charge in [-0.1, -0.05) is 48.5 Å². The number of anilines is 1. The van der Waals surface area contributed by atoms with Crippen molar-refractivity contribution in [1.29, 1.82) is 0 Å². The Kier molecular flexibility index (Phi) is 6.89. The van der Waals surface area contributed by atoms with Crippen LogP contribution >= 0.6 is 12.2 Å². The van der Waals surface area contributed by atoms with Crippen LogP contribution in [0.2, 0.25) is 0 Å². The van der Waals surface area contributed by atoms with E-state index >= 15 is 0 Å². The number of thiocarbonyl (C=S) groups is 1. The van der Waals surface area contributed by atoms with Crippen LogP contribution in [-0.4, -0.2) is 36.1 Å². The standard InChI is InChI=1S/C26H24N4O3S/c1-17-9-14-23(33-3)21(15-17)28-26(34)29-30-24(19-7-5-4-6-8-19)27-22(25(30)31)16-18-10-12-20(32-2)13-11-18/h4-16H,1-3H3,(H2,28,29,34)/b22-16-. The number of methoxy groups -OCH3 is 2. The SMILES string of the molecule is COc1ccc(/C=C2\N=C(c3ccccc3)N(NC(=S)Nc3cc(C)ccc3OC)C2=O)cc1. The fraction of sp³-hybridized carbons (Fsp3) is 0.115. The molecule has 4 rings (SSSR count). The van der Waals surface area contributed by atoms with Crippen LogP contribution in [0, 0.1) is 6.92 Å². The topological polar surface area (TPSA) is 75.2 Å². The zero-order valence-electron chi connectivity index (χ0n) is 19.0. The normalized spacial score (nSPS) is 14.1. The van der Waals surface area contributed by atoms with Crippen LogP contribution < -0.4 is 20.2 Å². The van der Waals surface area contributed by atoms with Gasteiger partial charge in [-0.2, -0.15) is 5.01 Å². The summed E-state index contributed by atoms with van der Waals surface area (Å²) in [5, 5.41) is 4.69. The summed E-state index contributed by atoms with van der Waals surface area (Å²) in [5.41, 5.74) is 6.61. The fourth-order valence-corrected chi connectivity index (χ4v) is 3.63. The molecule has 0 bridgehead atoms. The molecule has 0 radical (unpaired) electrons. The Hall–Kier alpha value is -4.17. The van der Waals surface area contributed by atoms with Gasteiger partial charge in [0.15, 0.2) is 10.9 Å². The highest BCUT2D eigenvalue weighted by Crippen LogP contribution is 2.26. The molecule has 0 fully saturated rings. The van der Waals surface area contributed by atoms with E-state index in [0.29, 0.717) is 17.3 Å². The summed E-state index contributed by atoms with van der Waals surface area (Å²) >= 11 is 5.52. The van der Waals surface area contributed by atoms with E-state index in [2.05, 4.69) is 15.7 Å². The van der Waals surface area contributed by atoms with Crippen molar-refractivity contribution >= 4 is 40.8 Å². The van der Waals surface area contributed by atoms with Crippen LogP contribution in [0.1, 0.15) is 16.7 Å². The molecule has 1 aliphatic heterocycles. The van der Waals surface area contributed by atoms with Gasteiger partial charge in [-0.3, -0.25) is 10.2 Å². The van der Waals surface area contributed by atoms with Gasteiger partial charge < -0.3 is 14.8 Å². The van der Waals surface area contributed by atoms with Crippen LogP contribution in [-0.2, 0) is 4.79 Å². The van der Waals surface area contributed by atoms with Gasteiger partial charge in [0.25, 0.3) is 5.91 Å². The minimum Gasteiger partial charge on any atom is -0.497 e. The van der Waals surface area contributed by atoms with Crippen LogP contribution in [0.3, 0.4) is 0 Å². The van der Waals surface area contributed by atoms with Crippen molar-refractivity contribution in [2.75, 3.05) is 19.5 Å². The number of ether oxygens (including phenoxy) is 2. The van der Waals surface area contributed by atoms with Gasteiger partial charge in [0, 0.05) is 5.56 Å². The van der Waals surface area contributed by atoms with E-state index in [1.54, 1.807) is 20.3 Å². The van der Waals surface area contributed by atoms with E-state index in [9.17, 15) is 4.79 Å². The molecular formula is C26H24N4O3S. The van der Waals surface area contributed by atoms with E-state index in [4.69, 9.17) is 21.7 Å². The van der Waals surface area contributed by atoms with E-state index < -0.39 is 0 Å². The Morgan fingerprint density at radius 2 is 1.74 bits per heavy atom. The van der Waals surface area contributed by atoms with Gasteiger partial charge >= 0.3 is 0 Å². The number of aliphatic imine (C=N–C) groups is 1. The Labute approximate surface area is 203 Å². The van der Waals surface area contributed by atoms with Crippen LogP contribution in [0.4, 0.5) is 5.69 Å². The lowest BCUT2D eigenvalue weighted by Gasteiger charge is -2.22. The molecule has 7 nitrogen and oxygen atoms in total. The van der Waals surface area contributed by atoms with Crippen molar-refractivity contribution in [3.05, 3.63) is 95.2 Å². The third-order valence-electron chi connectivity index (χ3n) is 5.13. The molecule has 0 saturated heterocycles. The Morgan fingerprint density at radius 1 is 1.00 bits per heavy atom. The third-order valence-corrected chi connectivity index (χ3v) is 5.32. The number of aryl methyl sites for hydroxylation is 1. The van der Waals surface area contributed by atoms with E-state index in [1.165, 1.54) is 5.01 Å². The summed E-state index contributed by atoms with van der Waals surface area (Å²) in [6.07, 6.45) is 1.73. The van der Waals surface area contributed by atoms with E-state index in [-0.39, 0.29) is 16.7 Å². The molecule has 172 valence electrons. The number of amidine groups is 1. The molecular weight excluding hydrogens is 448 g/mol. The molecule has 8 heteroatoms. The monoisotopic (exact) mass is 472 g/mol. The molecule has 34 heavy (non-hydrogen) atoms. The molecule has 1 aliphatic rings. The van der Waals surface area contributed by atoms with Crippen LogP contribution in [0.25, 0.3) is 6.08 Å². The Morgan fingerprint density at radius 3 is 2.41 bits per heavy atom. The first-order chi connectivity index (χ1) is 16.5. The van der Waals surface area contributed by atoms with Crippen LogP contribution in [0.5, 0.6) is 11.5 Å². The minimum absolute atomic E-state index is 0.228. The summed E-state index contributed by atoms with van der Waals surface area (Å²) < 4.78 is 10.6. The minimum atomic E-state index is -0.324. The lowest BCUT2D eigenvalue weighted by Crippen LogP contribution is -2.49. The lowest BCUT2D eigenvalue weighted by molar-refractivity contribution is -0.123. The first-order valence-electron chi connectivity index (χ1n) is 10.5. The maximum absolute atomic E-state index is 13.3. The van der Waals surface area contributed by atoms with Crippen LogP contribution in [0.15, 0.2) is 83.5 Å². The van der Waals surface area contributed by atoms with Gasteiger partial charge in [-0.05, 0) is 60.6 Å². The number of nitrogens with one attached hydrogen (secondary N) is 2. The number of carbonyl (C=O) groups is 1. The molecule has 3 aromatic rings. The molecule has 0 aliphatic carbocycles. The number of hydrogen-bond acceptors (Lipinski definition) is 5. The molecule has 3 aromatic carbocycles. The average molecular weight is 473 g/mol. The Balaban J connectivity index is 1.62. The predicted molar refractivity (Wildman–Crippen MR) is 138 cm³/mol. The van der Waals surface area contributed by atoms with E-state index in [1.807, 2.05) is 79.7 Å². The summed E-state index contributed by atoms with van der Waals surface area (Å²) in [6, 6.07) is 22.6. The van der Waals surface area contributed by atoms with Crippen molar-refractivity contribution in [1.82, 2.24) is 10.4 Å². The first-order valence-corrected chi connectivity index (χ1v) is 11.0. The maximum Gasteiger partial charge on any atom is 0.297 e. The first kappa shape index (κ1) is 23.0. The molecule has 1 heterocycles. The predicted octanol–water partition coefficient (Wildman–Crippen LogP) is 4.54. The number of carbonyl (C=O) groups excluding carboxylic acids is 1. The van der Waals surface area contributed by atoms with Crippen molar-refractivity contribution in [3.63, 3.8) is 0 Å². The largest absolute Gasteiger partial charge is 0.497 e. The highest BCUT2D eigenvalue weighted by molar-refractivity contribution is 7.80. The number of rotatable bonds is 6. The summed E-state index contributed by atoms with van der Waals surface area (Å²) in [7, 11) is 3.20. The van der Waals surface area contributed by atoms with Crippen molar-refractivity contribution in [2.45, 2.75) is 6.92 Å². The highest BCUT2D eigenvalue weighted by atomic mass is 32.1. The van der Waals surface area contributed by atoms with Crippen molar-refractivity contribution in [2.24, 2.45) is 4.99 Å². The fourth-order valence-electron chi connectivity index (χ4n) is 3.43. The molecule has 1 amide bonds. The van der Waals surface area contributed by atoms with Crippen molar-refractivity contribution < 1.29 is 14.3 Å². The van der Waals surface area contributed by atoms with E-state index in [0.717, 1.165) is 22.4 Å². The lowest BCUT2D eigenvalue weighted by atomic mass is 10.2. The van der Waals surface area contributed by atoms with Gasteiger partial charge in [0.2, 0.25) is 0 Å². The number of benzene rings is 3. The summed E-state index contributed by atoms with van der Waals surface area (Å²) in [4.78, 5) is 17.9. The molecule has 0 atom stereocenters. The average Bonchev–Trinajstić information content (AvgIpc) is 3.15.